The molecule has 2 nitrogen and oxygen atoms in total. The molecule has 0 aromatic rings. The maximum absolute atomic E-state index is 6.73. The third-order valence-corrected chi connectivity index (χ3v) is 11.2. The van der Waals surface area contributed by atoms with Crippen molar-refractivity contribution >= 4 is 0 Å². The van der Waals surface area contributed by atoms with Crippen molar-refractivity contribution in [1.82, 2.24) is 0 Å². The molecule has 0 radical (unpaired) electrons. The van der Waals surface area contributed by atoms with Gasteiger partial charge in [-0.1, -0.05) is 20.8 Å². The van der Waals surface area contributed by atoms with Gasteiger partial charge in [0.1, 0.15) is 0 Å². The number of ether oxygens (including phenoxy) is 2. The first-order valence-corrected chi connectivity index (χ1v) is 12.7. The normalized spacial score (nSPS) is 57.4. The minimum absolute atomic E-state index is 0.391. The Morgan fingerprint density at radius 1 is 0.893 bits per heavy atom. The Balaban J connectivity index is 1.09. The summed E-state index contributed by atoms with van der Waals surface area (Å²) < 4.78 is 12.9. The quantitative estimate of drug-likeness (QED) is 0.526. The molecule has 0 saturated heterocycles. The third-order valence-electron chi connectivity index (χ3n) is 11.2. The van der Waals surface area contributed by atoms with E-state index < -0.39 is 0 Å². The second-order valence-electron chi connectivity index (χ2n) is 12.7. The molecule has 0 amide bonds. The lowest BCUT2D eigenvalue weighted by molar-refractivity contribution is -0.0950. The van der Waals surface area contributed by atoms with Crippen molar-refractivity contribution in [3.8, 4) is 0 Å². The summed E-state index contributed by atoms with van der Waals surface area (Å²) in [4.78, 5) is 0. The van der Waals surface area contributed by atoms with Crippen LogP contribution in [0.15, 0.2) is 0 Å². The molecule has 6 saturated carbocycles. The van der Waals surface area contributed by atoms with Crippen LogP contribution >= 0.6 is 0 Å². The van der Waals surface area contributed by atoms with Crippen molar-refractivity contribution in [1.29, 1.82) is 0 Å². The van der Waals surface area contributed by atoms with Crippen LogP contribution in [0.3, 0.4) is 0 Å². The second kappa shape index (κ2) is 6.22. The molecular weight excluding hydrogens is 344 g/mol. The smallest absolute Gasteiger partial charge is 0.0682 e. The van der Waals surface area contributed by atoms with Crippen LogP contribution < -0.4 is 0 Å². The molecule has 6 aliphatic carbocycles. The van der Waals surface area contributed by atoms with Crippen LogP contribution in [0.1, 0.15) is 79.1 Å². The van der Waals surface area contributed by atoms with Crippen LogP contribution in [0.4, 0.5) is 0 Å². The standard InChI is InChI=1S/C26H42O2/c1-5-27-21-13-17-12-20(21)23-19-11-16(22(17)23)10-15(19)7-9-28-24-25(2,3)18-6-8-26(24,4)14-18/h15-24H,5-14H2,1-4H3. The first kappa shape index (κ1) is 18.7. The Hall–Kier alpha value is -0.0800. The highest BCUT2D eigenvalue weighted by atomic mass is 16.5. The Labute approximate surface area is 172 Å². The van der Waals surface area contributed by atoms with Crippen molar-refractivity contribution in [2.24, 2.45) is 58.2 Å². The van der Waals surface area contributed by atoms with Gasteiger partial charge in [0.25, 0.3) is 0 Å². The van der Waals surface area contributed by atoms with Crippen molar-refractivity contribution in [3.05, 3.63) is 0 Å². The molecule has 0 heterocycles. The molecule has 28 heavy (non-hydrogen) atoms. The fraction of sp³-hybridized carbons (Fsp3) is 1.00. The SMILES string of the molecule is CCOC1CC2CC1C1C3CC(CC3CCOC3C4(C)CCC(C4)C3(C)C)C21. The van der Waals surface area contributed by atoms with E-state index in [0.29, 0.717) is 23.0 Å². The Morgan fingerprint density at radius 3 is 2.43 bits per heavy atom. The van der Waals surface area contributed by atoms with Gasteiger partial charge >= 0.3 is 0 Å². The Bertz CT molecular complexity index is 623. The zero-order valence-corrected chi connectivity index (χ0v) is 18.7. The zero-order valence-electron chi connectivity index (χ0n) is 18.7. The minimum atomic E-state index is 0.391. The summed E-state index contributed by atoms with van der Waals surface area (Å²) in [6.07, 6.45) is 12.6. The van der Waals surface area contributed by atoms with E-state index in [0.717, 1.165) is 60.6 Å². The van der Waals surface area contributed by atoms with E-state index in [4.69, 9.17) is 9.47 Å². The maximum atomic E-state index is 6.73. The molecule has 0 aromatic carbocycles. The van der Waals surface area contributed by atoms with Gasteiger partial charge in [-0.15, -0.1) is 0 Å². The summed E-state index contributed by atoms with van der Waals surface area (Å²) in [6, 6.07) is 0. The van der Waals surface area contributed by atoms with Crippen molar-refractivity contribution in [2.75, 3.05) is 13.2 Å². The van der Waals surface area contributed by atoms with Gasteiger partial charge in [-0.2, -0.15) is 0 Å². The van der Waals surface area contributed by atoms with Gasteiger partial charge in [0.05, 0.1) is 12.2 Å². The highest BCUT2D eigenvalue weighted by Gasteiger charge is 2.65. The van der Waals surface area contributed by atoms with Gasteiger partial charge in [0.2, 0.25) is 0 Å². The van der Waals surface area contributed by atoms with Crippen LogP contribution in [0.2, 0.25) is 0 Å². The van der Waals surface area contributed by atoms with E-state index in [1.165, 1.54) is 44.9 Å². The lowest BCUT2D eigenvalue weighted by atomic mass is 9.66. The lowest BCUT2D eigenvalue weighted by Crippen LogP contribution is -2.43. The van der Waals surface area contributed by atoms with Gasteiger partial charge in [-0.3, -0.25) is 0 Å². The number of fused-ring (bicyclic) bond motifs is 11. The molecule has 2 heteroatoms. The van der Waals surface area contributed by atoms with E-state index in [2.05, 4.69) is 27.7 Å². The van der Waals surface area contributed by atoms with Crippen LogP contribution in [-0.4, -0.2) is 25.4 Å². The molecular formula is C26H42O2. The third kappa shape index (κ3) is 2.40. The summed E-state index contributed by atoms with van der Waals surface area (Å²) in [7, 11) is 0. The predicted molar refractivity (Wildman–Crippen MR) is 112 cm³/mol. The van der Waals surface area contributed by atoms with E-state index in [1.807, 2.05) is 0 Å². The first-order valence-electron chi connectivity index (χ1n) is 12.7. The summed E-state index contributed by atoms with van der Waals surface area (Å²) >= 11 is 0. The van der Waals surface area contributed by atoms with E-state index in [1.54, 1.807) is 6.42 Å². The van der Waals surface area contributed by atoms with Gasteiger partial charge in [-0.25, -0.2) is 0 Å². The molecule has 6 fully saturated rings. The van der Waals surface area contributed by atoms with Crippen LogP contribution in [0.5, 0.6) is 0 Å². The molecule has 6 rings (SSSR count). The molecule has 0 spiro atoms. The summed E-state index contributed by atoms with van der Waals surface area (Å²) in [5, 5.41) is 0. The van der Waals surface area contributed by atoms with Crippen LogP contribution in [0.25, 0.3) is 0 Å². The summed E-state index contributed by atoms with van der Waals surface area (Å²) in [5.41, 5.74) is 0.853. The number of rotatable bonds is 6. The average Bonchev–Trinajstić information content (AvgIpc) is 3.43. The largest absolute Gasteiger partial charge is 0.378 e. The predicted octanol–water partition coefficient (Wildman–Crippen LogP) is 5.94. The molecule has 11 atom stereocenters. The van der Waals surface area contributed by atoms with Crippen molar-refractivity contribution in [3.63, 3.8) is 0 Å². The van der Waals surface area contributed by atoms with Gasteiger partial charge in [0, 0.05) is 13.2 Å². The maximum Gasteiger partial charge on any atom is 0.0682 e. The fourth-order valence-corrected chi connectivity index (χ4v) is 10.4. The van der Waals surface area contributed by atoms with E-state index >= 15 is 0 Å². The molecule has 6 aliphatic rings. The van der Waals surface area contributed by atoms with Crippen molar-refractivity contribution in [2.45, 2.75) is 91.3 Å². The monoisotopic (exact) mass is 386 g/mol. The molecule has 11 unspecified atom stereocenters. The lowest BCUT2D eigenvalue weighted by Gasteiger charge is -2.43. The number of hydrogen-bond acceptors (Lipinski definition) is 2. The molecule has 158 valence electrons. The first-order chi connectivity index (χ1) is 13.4. The Morgan fingerprint density at radius 2 is 1.68 bits per heavy atom. The molecule has 0 aromatic heterocycles. The van der Waals surface area contributed by atoms with Crippen LogP contribution in [0, 0.1) is 58.2 Å². The molecule has 0 aliphatic heterocycles. The zero-order chi connectivity index (χ0) is 19.3. The summed E-state index contributed by atoms with van der Waals surface area (Å²) in [5.74, 6) is 7.89. The average molecular weight is 387 g/mol. The van der Waals surface area contributed by atoms with Gasteiger partial charge < -0.3 is 9.47 Å². The molecule has 0 N–H and O–H groups in total. The second-order valence-corrected chi connectivity index (χ2v) is 12.7. The number of hydrogen-bond donors (Lipinski definition) is 0. The summed E-state index contributed by atoms with van der Waals surface area (Å²) in [6.45, 7) is 11.6. The van der Waals surface area contributed by atoms with Gasteiger partial charge in [-0.05, 0) is 116 Å². The van der Waals surface area contributed by atoms with Crippen LogP contribution in [-0.2, 0) is 9.47 Å². The topological polar surface area (TPSA) is 18.5 Å². The van der Waals surface area contributed by atoms with E-state index in [9.17, 15) is 0 Å². The Kier molecular flexibility index (Phi) is 4.15. The highest BCUT2D eigenvalue weighted by molar-refractivity contribution is 5.13. The van der Waals surface area contributed by atoms with E-state index in [-0.39, 0.29) is 0 Å². The minimum Gasteiger partial charge on any atom is -0.378 e. The van der Waals surface area contributed by atoms with Gasteiger partial charge in [0.15, 0.2) is 0 Å². The highest BCUT2D eigenvalue weighted by Crippen LogP contribution is 2.69. The molecule has 6 bridgehead atoms. The van der Waals surface area contributed by atoms with Crippen molar-refractivity contribution < 1.29 is 9.47 Å². The fourth-order valence-electron chi connectivity index (χ4n) is 10.4.